The predicted molar refractivity (Wildman–Crippen MR) is 63.7 cm³/mol. The molecule has 0 aliphatic carbocycles. The zero-order chi connectivity index (χ0) is 14.8. The van der Waals surface area contributed by atoms with Gasteiger partial charge in [0.05, 0.1) is 5.56 Å². The van der Waals surface area contributed by atoms with E-state index in [9.17, 15) is 18.0 Å². The average Bonchev–Trinajstić information content (AvgIpc) is 2.77. The molecule has 1 atom stereocenters. The Morgan fingerprint density at radius 2 is 2.30 bits per heavy atom. The number of azide groups is 1. The minimum Gasteiger partial charge on any atom is -0.297 e. The highest BCUT2D eigenvalue weighted by atomic mass is 19.4. The molecule has 1 saturated heterocycles. The Bertz CT molecular complexity index is 567. The van der Waals surface area contributed by atoms with Gasteiger partial charge in [-0.25, -0.2) is 4.98 Å². The Morgan fingerprint density at radius 3 is 2.95 bits per heavy atom. The summed E-state index contributed by atoms with van der Waals surface area (Å²) in [4.78, 5) is 19.4. The molecule has 9 heteroatoms. The molecule has 1 aliphatic rings. The second-order valence-corrected chi connectivity index (χ2v) is 4.39. The molecule has 0 radical (unpaired) electrons. The number of alkyl halides is 3. The van der Waals surface area contributed by atoms with Crippen LogP contribution in [-0.4, -0.2) is 24.0 Å². The van der Waals surface area contributed by atoms with Crippen LogP contribution in [0.1, 0.15) is 12.0 Å². The number of rotatable bonds is 3. The monoisotopic (exact) mass is 285 g/mol. The Morgan fingerprint density at radius 1 is 1.55 bits per heavy atom. The lowest BCUT2D eigenvalue weighted by Gasteiger charge is -2.16. The highest BCUT2D eigenvalue weighted by Gasteiger charge is 2.34. The van der Waals surface area contributed by atoms with E-state index in [1.54, 1.807) is 0 Å². The molecule has 0 spiro atoms. The normalized spacial score (nSPS) is 19.1. The molecular weight excluding hydrogens is 275 g/mol. The standard InChI is InChI=1S/C11H10F3N5O/c12-11(13,14)8-1-2-16-9(4-8)19-6-7(3-10(19)20)5-17-18-15/h1-2,4,7H,3,5-6H2. The molecule has 1 amide bonds. The average molecular weight is 285 g/mol. The van der Waals surface area contributed by atoms with E-state index < -0.39 is 11.7 Å². The van der Waals surface area contributed by atoms with Crippen molar-refractivity contribution in [3.8, 4) is 0 Å². The maximum Gasteiger partial charge on any atom is 0.416 e. The molecule has 1 unspecified atom stereocenters. The van der Waals surface area contributed by atoms with E-state index in [1.165, 1.54) is 4.90 Å². The van der Waals surface area contributed by atoms with Crippen LogP contribution in [0.15, 0.2) is 23.4 Å². The number of hydrogen-bond donors (Lipinski definition) is 0. The number of nitrogens with zero attached hydrogens (tertiary/aromatic N) is 5. The van der Waals surface area contributed by atoms with Crippen molar-refractivity contribution in [1.82, 2.24) is 4.98 Å². The summed E-state index contributed by atoms with van der Waals surface area (Å²) in [5, 5.41) is 3.37. The van der Waals surface area contributed by atoms with Gasteiger partial charge in [-0.05, 0) is 23.6 Å². The van der Waals surface area contributed by atoms with Crippen molar-refractivity contribution >= 4 is 11.7 Å². The van der Waals surface area contributed by atoms with Gasteiger partial charge in [0.25, 0.3) is 0 Å². The maximum absolute atomic E-state index is 12.6. The first-order valence-corrected chi connectivity index (χ1v) is 5.76. The van der Waals surface area contributed by atoms with Crippen molar-refractivity contribution in [3.05, 3.63) is 34.3 Å². The summed E-state index contributed by atoms with van der Waals surface area (Å²) in [6.07, 6.45) is -3.33. The Hall–Kier alpha value is -2.28. The minimum atomic E-state index is -4.48. The molecule has 1 aliphatic heterocycles. The molecule has 106 valence electrons. The number of anilines is 1. The van der Waals surface area contributed by atoms with Crippen LogP contribution in [0.4, 0.5) is 19.0 Å². The van der Waals surface area contributed by atoms with Gasteiger partial charge in [0.2, 0.25) is 5.91 Å². The van der Waals surface area contributed by atoms with Crippen molar-refractivity contribution in [2.75, 3.05) is 18.0 Å². The van der Waals surface area contributed by atoms with Crippen LogP contribution in [0, 0.1) is 5.92 Å². The van der Waals surface area contributed by atoms with Crippen molar-refractivity contribution in [2.45, 2.75) is 12.6 Å². The SMILES string of the molecule is [N-]=[N+]=NCC1CC(=O)N(c2cc(C(F)(F)F)ccn2)C1. The van der Waals surface area contributed by atoms with E-state index >= 15 is 0 Å². The fourth-order valence-electron chi connectivity index (χ4n) is 2.02. The summed E-state index contributed by atoms with van der Waals surface area (Å²) < 4.78 is 37.8. The van der Waals surface area contributed by atoms with E-state index in [4.69, 9.17) is 5.53 Å². The van der Waals surface area contributed by atoms with Gasteiger partial charge in [0.15, 0.2) is 0 Å². The van der Waals surface area contributed by atoms with Crippen molar-refractivity contribution in [2.24, 2.45) is 11.0 Å². The van der Waals surface area contributed by atoms with E-state index in [2.05, 4.69) is 15.0 Å². The molecule has 1 aromatic rings. The third kappa shape index (κ3) is 3.00. The highest BCUT2D eigenvalue weighted by molar-refractivity contribution is 5.94. The van der Waals surface area contributed by atoms with Gasteiger partial charge >= 0.3 is 6.18 Å². The molecule has 20 heavy (non-hydrogen) atoms. The van der Waals surface area contributed by atoms with Crippen LogP contribution in [-0.2, 0) is 11.0 Å². The smallest absolute Gasteiger partial charge is 0.297 e. The Kier molecular flexibility index (Phi) is 3.80. The summed E-state index contributed by atoms with van der Waals surface area (Å²) in [5.74, 6) is -0.557. The molecule has 0 aromatic carbocycles. The minimum absolute atomic E-state index is 0.0340. The fraction of sp³-hybridized carbons (Fsp3) is 0.455. The topological polar surface area (TPSA) is 82.0 Å². The van der Waals surface area contributed by atoms with Gasteiger partial charge in [0.1, 0.15) is 5.82 Å². The van der Waals surface area contributed by atoms with Gasteiger partial charge in [-0.2, -0.15) is 13.2 Å². The lowest BCUT2D eigenvalue weighted by molar-refractivity contribution is -0.137. The van der Waals surface area contributed by atoms with Gasteiger partial charge in [0, 0.05) is 30.6 Å². The highest BCUT2D eigenvalue weighted by Crippen LogP contribution is 2.32. The first-order valence-electron chi connectivity index (χ1n) is 5.76. The molecular formula is C11H10F3N5O. The maximum atomic E-state index is 12.6. The van der Waals surface area contributed by atoms with Crippen molar-refractivity contribution in [1.29, 1.82) is 0 Å². The quantitative estimate of drug-likeness (QED) is 0.486. The van der Waals surface area contributed by atoms with Crippen LogP contribution in [0.3, 0.4) is 0 Å². The number of hydrogen-bond acceptors (Lipinski definition) is 3. The van der Waals surface area contributed by atoms with Crippen molar-refractivity contribution in [3.63, 3.8) is 0 Å². The zero-order valence-electron chi connectivity index (χ0n) is 10.2. The second-order valence-electron chi connectivity index (χ2n) is 4.39. The lowest BCUT2D eigenvalue weighted by Crippen LogP contribution is -2.26. The molecule has 6 nitrogen and oxygen atoms in total. The van der Waals surface area contributed by atoms with Crippen LogP contribution >= 0.6 is 0 Å². The number of amides is 1. The van der Waals surface area contributed by atoms with E-state index in [0.29, 0.717) is 0 Å². The van der Waals surface area contributed by atoms with E-state index in [0.717, 1.165) is 18.3 Å². The summed E-state index contributed by atoms with van der Waals surface area (Å²) in [7, 11) is 0. The molecule has 2 rings (SSSR count). The van der Waals surface area contributed by atoms with Crippen LogP contribution in [0.2, 0.25) is 0 Å². The summed E-state index contributed by atoms with van der Waals surface area (Å²) in [6.45, 7) is 0.337. The summed E-state index contributed by atoms with van der Waals surface area (Å²) >= 11 is 0. The summed E-state index contributed by atoms with van der Waals surface area (Å²) in [6, 6.07) is 1.69. The van der Waals surface area contributed by atoms with Crippen molar-refractivity contribution < 1.29 is 18.0 Å². The number of halogens is 3. The first kappa shape index (κ1) is 14.1. The van der Waals surface area contributed by atoms with Gasteiger partial charge in [-0.1, -0.05) is 5.11 Å². The van der Waals surface area contributed by atoms with Gasteiger partial charge in [-0.3, -0.25) is 9.69 Å². The molecule has 2 heterocycles. The van der Waals surface area contributed by atoms with Gasteiger partial charge < -0.3 is 0 Å². The number of carbonyl (C=O) groups is 1. The molecule has 1 fully saturated rings. The molecule has 0 N–H and O–H groups in total. The Labute approximate surface area is 111 Å². The molecule has 0 saturated carbocycles. The largest absolute Gasteiger partial charge is 0.416 e. The predicted octanol–water partition coefficient (Wildman–Crippen LogP) is 2.76. The molecule has 0 bridgehead atoms. The number of pyridine rings is 1. The summed E-state index contributed by atoms with van der Waals surface area (Å²) in [5.41, 5.74) is 7.37. The fourth-order valence-corrected chi connectivity index (χ4v) is 2.02. The first-order chi connectivity index (χ1) is 9.41. The van der Waals surface area contributed by atoms with Gasteiger partial charge in [-0.15, -0.1) is 0 Å². The van der Waals surface area contributed by atoms with Crippen LogP contribution in [0.5, 0.6) is 0 Å². The van der Waals surface area contributed by atoms with E-state index in [-0.39, 0.29) is 37.2 Å². The Balaban J connectivity index is 2.20. The third-order valence-corrected chi connectivity index (χ3v) is 2.96. The number of aromatic nitrogens is 1. The number of carbonyl (C=O) groups excluding carboxylic acids is 1. The lowest BCUT2D eigenvalue weighted by atomic mass is 10.1. The van der Waals surface area contributed by atoms with Crippen LogP contribution in [0.25, 0.3) is 10.4 Å². The van der Waals surface area contributed by atoms with Crippen LogP contribution < -0.4 is 4.90 Å². The molecule has 1 aromatic heterocycles. The van der Waals surface area contributed by atoms with E-state index in [1.807, 2.05) is 0 Å². The zero-order valence-corrected chi connectivity index (χ0v) is 10.2. The third-order valence-electron chi connectivity index (χ3n) is 2.96. The second kappa shape index (κ2) is 5.38.